The lowest BCUT2D eigenvalue weighted by Gasteiger charge is -2.33. The van der Waals surface area contributed by atoms with Crippen LogP contribution in [0.3, 0.4) is 0 Å². The van der Waals surface area contributed by atoms with Crippen molar-refractivity contribution in [2.45, 2.75) is 26.2 Å². The summed E-state index contributed by atoms with van der Waals surface area (Å²) >= 11 is 0. The summed E-state index contributed by atoms with van der Waals surface area (Å²) < 4.78 is 18.4. The van der Waals surface area contributed by atoms with Gasteiger partial charge in [-0.1, -0.05) is 24.2 Å². The van der Waals surface area contributed by atoms with Gasteiger partial charge in [-0.2, -0.15) is 0 Å². The van der Waals surface area contributed by atoms with E-state index in [1.165, 1.54) is 12.1 Å². The maximum atomic E-state index is 12.9. The van der Waals surface area contributed by atoms with Gasteiger partial charge in [0.2, 0.25) is 11.8 Å². The molecular formula is C17H21FN4O2. The molecule has 2 heterocycles. The molecule has 0 unspecified atom stereocenters. The molecule has 0 saturated carbocycles. The van der Waals surface area contributed by atoms with Gasteiger partial charge in [-0.25, -0.2) is 4.39 Å². The molecule has 2 aromatic rings. The lowest BCUT2D eigenvalue weighted by molar-refractivity contribution is -0.131. The molecule has 0 N–H and O–H groups in total. The van der Waals surface area contributed by atoms with E-state index in [1.807, 2.05) is 16.7 Å². The number of benzene rings is 1. The highest BCUT2D eigenvalue weighted by Gasteiger charge is 2.23. The Morgan fingerprint density at radius 3 is 2.50 bits per heavy atom. The van der Waals surface area contributed by atoms with Gasteiger partial charge in [-0.15, -0.1) is 5.10 Å². The Morgan fingerprint density at radius 1 is 1.17 bits per heavy atom. The molecule has 1 aromatic heterocycles. The van der Waals surface area contributed by atoms with Crippen LogP contribution in [0.5, 0.6) is 0 Å². The number of carbonyl (C=O) groups excluding carboxylic acids is 1. The van der Waals surface area contributed by atoms with Gasteiger partial charge in [0.05, 0.1) is 0 Å². The summed E-state index contributed by atoms with van der Waals surface area (Å²) in [6, 6.07) is 6.83. The number of hydrogen-bond acceptors (Lipinski definition) is 5. The standard InChI is InChI=1S/C17H21FN4O2/c1-2-15-19-20-17(24-15)22-11-9-21(10-12-22)16(23)8-5-13-3-6-14(18)7-4-13/h3-4,6-7H,2,5,8-12H2,1H3. The van der Waals surface area contributed by atoms with Crippen molar-refractivity contribution >= 4 is 11.9 Å². The first-order valence-electron chi connectivity index (χ1n) is 8.25. The number of piperazine rings is 1. The molecule has 0 aliphatic carbocycles. The predicted octanol–water partition coefficient (Wildman–Crippen LogP) is 2.05. The minimum atomic E-state index is -0.256. The molecule has 0 atom stereocenters. The molecule has 1 amide bonds. The first kappa shape index (κ1) is 16.4. The minimum Gasteiger partial charge on any atom is -0.408 e. The van der Waals surface area contributed by atoms with Gasteiger partial charge in [0, 0.05) is 39.0 Å². The van der Waals surface area contributed by atoms with Crippen molar-refractivity contribution in [3.05, 3.63) is 41.5 Å². The van der Waals surface area contributed by atoms with Crippen LogP contribution < -0.4 is 4.90 Å². The summed E-state index contributed by atoms with van der Waals surface area (Å²) in [6.07, 6.45) is 1.78. The first-order valence-corrected chi connectivity index (χ1v) is 8.25. The van der Waals surface area contributed by atoms with Crippen LogP contribution in [-0.2, 0) is 17.6 Å². The molecule has 6 nitrogen and oxygen atoms in total. The Labute approximate surface area is 140 Å². The lowest BCUT2D eigenvalue weighted by atomic mass is 10.1. The fraction of sp³-hybridized carbons (Fsp3) is 0.471. The monoisotopic (exact) mass is 332 g/mol. The number of aromatic nitrogens is 2. The van der Waals surface area contributed by atoms with Gasteiger partial charge < -0.3 is 14.2 Å². The Morgan fingerprint density at radius 2 is 1.88 bits per heavy atom. The van der Waals surface area contributed by atoms with E-state index in [0.717, 1.165) is 12.0 Å². The van der Waals surface area contributed by atoms with Gasteiger partial charge >= 0.3 is 6.01 Å². The highest BCUT2D eigenvalue weighted by Crippen LogP contribution is 2.16. The summed E-state index contributed by atoms with van der Waals surface area (Å²) in [4.78, 5) is 16.2. The average Bonchev–Trinajstić information content (AvgIpc) is 3.10. The Balaban J connectivity index is 1.47. The van der Waals surface area contributed by atoms with Crippen LogP contribution in [-0.4, -0.2) is 47.2 Å². The summed E-state index contributed by atoms with van der Waals surface area (Å²) in [6.45, 7) is 4.63. The van der Waals surface area contributed by atoms with Crippen molar-refractivity contribution in [3.8, 4) is 0 Å². The minimum absolute atomic E-state index is 0.124. The Bertz CT molecular complexity index is 678. The number of anilines is 1. The molecule has 1 saturated heterocycles. The van der Waals surface area contributed by atoms with Crippen molar-refractivity contribution in [1.82, 2.24) is 15.1 Å². The molecule has 0 spiro atoms. The molecular weight excluding hydrogens is 311 g/mol. The van der Waals surface area contributed by atoms with Crippen molar-refractivity contribution in [2.75, 3.05) is 31.1 Å². The fourth-order valence-electron chi connectivity index (χ4n) is 2.72. The molecule has 0 radical (unpaired) electrons. The van der Waals surface area contributed by atoms with E-state index < -0.39 is 0 Å². The molecule has 3 rings (SSSR count). The number of aryl methyl sites for hydroxylation is 2. The van der Waals surface area contributed by atoms with E-state index in [-0.39, 0.29) is 11.7 Å². The number of hydrogen-bond donors (Lipinski definition) is 0. The SMILES string of the molecule is CCc1nnc(N2CCN(C(=O)CCc3ccc(F)cc3)CC2)o1. The third kappa shape index (κ3) is 3.90. The number of rotatable bonds is 5. The van der Waals surface area contributed by atoms with Gasteiger partial charge in [-0.3, -0.25) is 4.79 Å². The van der Waals surface area contributed by atoms with Crippen molar-refractivity contribution in [1.29, 1.82) is 0 Å². The molecule has 128 valence electrons. The molecule has 1 aromatic carbocycles. The highest BCUT2D eigenvalue weighted by atomic mass is 19.1. The van der Waals surface area contributed by atoms with Gasteiger partial charge in [-0.05, 0) is 24.1 Å². The van der Waals surface area contributed by atoms with Crippen LogP contribution in [0.2, 0.25) is 0 Å². The molecule has 0 bridgehead atoms. The number of nitrogens with zero attached hydrogens (tertiary/aromatic N) is 4. The van der Waals surface area contributed by atoms with E-state index in [0.29, 0.717) is 50.9 Å². The maximum Gasteiger partial charge on any atom is 0.318 e. The summed E-state index contributed by atoms with van der Waals surface area (Å²) in [5.74, 6) is 0.495. The maximum absolute atomic E-state index is 12.9. The Kier molecular flexibility index (Phi) is 5.08. The summed E-state index contributed by atoms with van der Waals surface area (Å²) in [5, 5.41) is 8.01. The number of halogens is 1. The topological polar surface area (TPSA) is 62.5 Å². The van der Waals surface area contributed by atoms with Crippen LogP contribution >= 0.6 is 0 Å². The predicted molar refractivity (Wildman–Crippen MR) is 87.2 cm³/mol. The van der Waals surface area contributed by atoms with Crippen LogP contribution in [0.4, 0.5) is 10.4 Å². The smallest absolute Gasteiger partial charge is 0.318 e. The quantitative estimate of drug-likeness (QED) is 0.838. The third-order valence-electron chi connectivity index (χ3n) is 4.20. The van der Waals surface area contributed by atoms with Gasteiger partial charge in [0.15, 0.2) is 0 Å². The summed E-state index contributed by atoms with van der Waals surface area (Å²) in [7, 11) is 0. The van der Waals surface area contributed by atoms with Crippen molar-refractivity contribution < 1.29 is 13.6 Å². The molecule has 24 heavy (non-hydrogen) atoms. The van der Waals surface area contributed by atoms with Crippen molar-refractivity contribution in [3.63, 3.8) is 0 Å². The average molecular weight is 332 g/mol. The van der Waals surface area contributed by atoms with Crippen LogP contribution in [0.25, 0.3) is 0 Å². The zero-order valence-electron chi connectivity index (χ0n) is 13.7. The zero-order chi connectivity index (χ0) is 16.9. The van der Waals surface area contributed by atoms with Gasteiger partial charge in [0.1, 0.15) is 5.82 Å². The number of amides is 1. The van der Waals surface area contributed by atoms with Crippen molar-refractivity contribution in [2.24, 2.45) is 0 Å². The van der Waals surface area contributed by atoms with Crippen LogP contribution in [0.15, 0.2) is 28.7 Å². The fourth-order valence-corrected chi connectivity index (χ4v) is 2.72. The summed E-state index contributed by atoms with van der Waals surface area (Å²) in [5.41, 5.74) is 0.973. The van der Waals surface area contributed by atoms with Gasteiger partial charge in [0.25, 0.3) is 0 Å². The van der Waals surface area contributed by atoms with E-state index in [1.54, 1.807) is 12.1 Å². The number of carbonyl (C=O) groups is 1. The second-order valence-electron chi connectivity index (χ2n) is 5.83. The first-order chi connectivity index (χ1) is 11.7. The normalized spacial score (nSPS) is 14.9. The zero-order valence-corrected chi connectivity index (χ0v) is 13.7. The van der Waals surface area contributed by atoms with Crippen LogP contribution in [0, 0.1) is 5.82 Å². The Hall–Kier alpha value is -2.44. The van der Waals surface area contributed by atoms with E-state index in [2.05, 4.69) is 10.2 Å². The molecule has 1 fully saturated rings. The largest absolute Gasteiger partial charge is 0.408 e. The second-order valence-corrected chi connectivity index (χ2v) is 5.83. The third-order valence-corrected chi connectivity index (χ3v) is 4.20. The molecule has 1 aliphatic heterocycles. The highest BCUT2D eigenvalue weighted by molar-refractivity contribution is 5.76. The lowest BCUT2D eigenvalue weighted by Crippen LogP contribution is -2.49. The van der Waals surface area contributed by atoms with E-state index in [9.17, 15) is 9.18 Å². The second kappa shape index (κ2) is 7.42. The molecule has 1 aliphatic rings. The van der Waals surface area contributed by atoms with E-state index in [4.69, 9.17) is 4.42 Å². The van der Waals surface area contributed by atoms with E-state index >= 15 is 0 Å². The van der Waals surface area contributed by atoms with Crippen LogP contribution in [0.1, 0.15) is 24.8 Å². The molecule has 7 heteroatoms.